The maximum Gasteiger partial charge on any atom is 0.343 e. The molecule has 1 saturated heterocycles. The number of rotatable bonds is 12. The number of fused-ring (bicyclic) bond motifs is 1. The summed E-state index contributed by atoms with van der Waals surface area (Å²) in [6, 6.07) is 10.7. The SMILES string of the molecule is CCOC(=O)c1cn(C2CC2)c2cc(N3CCN(CCCCn4c(=O)cc(Nc5ccc(C)c(CC)c5)[nH]c4=O)[C@H](C)C3)c(F)cc2c1=O. The lowest BCUT2D eigenvalue weighted by Crippen LogP contribution is -2.52. The van der Waals surface area contributed by atoms with Crippen molar-refractivity contribution in [2.24, 2.45) is 0 Å². The van der Waals surface area contributed by atoms with Crippen molar-refractivity contribution in [1.29, 1.82) is 0 Å². The van der Waals surface area contributed by atoms with Crippen LogP contribution in [-0.4, -0.2) is 63.8 Å². The minimum Gasteiger partial charge on any atom is -0.462 e. The first-order valence-corrected chi connectivity index (χ1v) is 17.3. The molecule has 0 spiro atoms. The molecule has 1 aliphatic carbocycles. The summed E-state index contributed by atoms with van der Waals surface area (Å²) in [6.07, 6.45) is 5.78. The first-order valence-electron chi connectivity index (χ1n) is 17.3. The number of aromatic amines is 1. The van der Waals surface area contributed by atoms with Crippen LogP contribution in [0.1, 0.15) is 74.0 Å². The van der Waals surface area contributed by atoms with E-state index in [-0.39, 0.29) is 35.2 Å². The topological polar surface area (TPSA) is 122 Å². The molecule has 1 saturated carbocycles. The van der Waals surface area contributed by atoms with Gasteiger partial charge in [-0.1, -0.05) is 13.0 Å². The summed E-state index contributed by atoms with van der Waals surface area (Å²) in [5, 5.41) is 3.33. The fourth-order valence-electron chi connectivity index (χ4n) is 6.83. The third kappa shape index (κ3) is 7.34. The highest BCUT2D eigenvalue weighted by molar-refractivity contribution is 5.94. The number of nitrogens with one attached hydrogen (secondary N) is 2. The second-order valence-electron chi connectivity index (χ2n) is 13.2. The monoisotopic (exact) mass is 672 g/mol. The number of aryl methyl sites for hydroxylation is 2. The zero-order valence-corrected chi connectivity index (χ0v) is 28.7. The number of ether oxygens (including phenoxy) is 1. The normalized spacial score (nSPS) is 16.7. The molecule has 2 fully saturated rings. The Morgan fingerprint density at radius 1 is 1.04 bits per heavy atom. The fraction of sp³-hybridized carbons (Fsp3) is 0.459. The van der Waals surface area contributed by atoms with Gasteiger partial charge in [0.25, 0.3) is 5.56 Å². The van der Waals surface area contributed by atoms with Gasteiger partial charge in [0.2, 0.25) is 5.43 Å². The number of aromatic nitrogens is 3. The molecule has 6 rings (SSSR count). The molecule has 0 bridgehead atoms. The molecule has 2 aromatic heterocycles. The summed E-state index contributed by atoms with van der Waals surface area (Å²) in [5.41, 5.74) is 2.91. The summed E-state index contributed by atoms with van der Waals surface area (Å²) < 4.78 is 23.9. The van der Waals surface area contributed by atoms with Gasteiger partial charge in [-0.2, -0.15) is 0 Å². The molecule has 3 heterocycles. The number of benzene rings is 2. The number of hydrogen-bond acceptors (Lipinski definition) is 8. The van der Waals surface area contributed by atoms with Gasteiger partial charge in [0, 0.05) is 61.6 Å². The third-order valence-electron chi connectivity index (χ3n) is 9.75. The van der Waals surface area contributed by atoms with Crippen LogP contribution >= 0.6 is 0 Å². The minimum atomic E-state index is -0.688. The summed E-state index contributed by atoms with van der Waals surface area (Å²) in [7, 11) is 0. The number of pyridine rings is 1. The zero-order chi connectivity index (χ0) is 34.8. The fourth-order valence-corrected chi connectivity index (χ4v) is 6.83. The summed E-state index contributed by atoms with van der Waals surface area (Å²) in [4.78, 5) is 58.4. The van der Waals surface area contributed by atoms with Gasteiger partial charge >= 0.3 is 11.7 Å². The Morgan fingerprint density at radius 3 is 2.51 bits per heavy atom. The molecular formula is C37H45FN6O5. The van der Waals surface area contributed by atoms with Gasteiger partial charge in [-0.15, -0.1) is 0 Å². The van der Waals surface area contributed by atoms with Crippen LogP contribution in [0.2, 0.25) is 0 Å². The number of piperazine rings is 1. The van der Waals surface area contributed by atoms with E-state index in [1.54, 1.807) is 19.2 Å². The Labute approximate surface area is 284 Å². The largest absolute Gasteiger partial charge is 0.462 e. The van der Waals surface area contributed by atoms with Crippen molar-refractivity contribution in [2.45, 2.75) is 78.4 Å². The molecule has 0 radical (unpaired) electrons. The molecule has 4 aromatic rings. The smallest absolute Gasteiger partial charge is 0.343 e. The number of anilines is 3. The Morgan fingerprint density at radius 2 is 1.82 bits per heavy atom. The number of carbonyl (C=O) groups excluding carboxylic acids is 1. The second-order valence-corrected chi connectivity index (χ2v) is 13.2. The third-order valence-corrected chi connectivity index (χ3v) is 9.75. The Bertz CT molecular complexity index is 2020. The Balaban J connectivity index is 1.07. The maximum absolute atomic E-state index is 15.6. The van der Waals surface area contributed by atoms with Crippen LogP contribution in [0.5, 0.6) is 0 Å². The number of nitrogens with zero attached hydrogens (tertiary/aromatic N) is 4. The van der Waals surface area contributed by atoms with Crippen molar-refractivity contribution < 1.29 is 13.9 Å². The van der Waals surface area contributed by atoms with Crippen molar-refractivity contribution >= 4 is 34.1 Å². The highest BCUT2D eigenvalue weighted by atomic mass is 19.1. The van der Waals surface area contributed by atoms with Crippen molar-refractivity contribution in [3.63, 3.8) is 0 Å². The first-order chi connectivity index (χ1) is 23.6. The second kappa shape index (κ2) is 14.4. The van der Waals surface area contributed by atoms with E-state index in [0.717, 1.165) is 44.5 Å². The van der Waals surface area contributed by atoms with Crippen LogP contribution in [0.15, 0.2) is 57.0 Å². The van der Waals surface area contributed by atoms with Gasteiger partial charge in [0.15, 0.2) is 0 Å². The van der Waals surface area contributed by atoms with Crippen molar-refractivity contribution in [3.05, 3.63) is 96.2 Å². The van der Waals surface area contributed by atoms with Crippen molar-refractivity contribution in [3.8, 4) is 0 Å². The number of unbranched alkanes of at least 4 members (excludes halogenated alkanes) is 1. The lowest BCUT2D eigenvalue weighted by Gasteiger charge is -2.41. The predicted molar refractivity (Wildman–Crippen MR) is 190 cm³/mol. The average molecular weight is 673 g/mol. The van der Waals surface area contributed by atoms with Crippen molar-refractivity contribution in [2.75, 3.05) is 43.0 Å². The molecule has 2 N–H and O–H groups in total. The maximum atomic E-state index is 15.6. The van der Waals surface area contributed by atoms with E-state index < -0.39 is 22.9 Å². The van der Waals surface area contributed by atoms with Gasteiger partial charge in [0.1, 0.15) is 17.2 Å². The van der Waals surface area contributed by atoms with E-state index in [9.17, 15) is 19.2 Å². The molecule has 260 valence electrons. The average Bonchev–Trinajstić information content (AvgIpc) is 3.91. The van der Waals surface area contributed by atoms with Crippen LogP contribution < -0.4 is 26.9 Å². The quantitative estimate of drug-likeness (QED) is 0.157. The van der Waals surface area contributed by atoms with E-state index in [1.807, 2.05) is 27.7 Å². The number of esters is 1. The van der Waals surface area contributed by atoms with E-state index in [0.29, 0.717) is 43.1 Å². The van der Waals surface area contributed by atoms with Gasteiger partial charge < -0.3 is 19.5 Å². The molecular weight excluding hydrogens is 627 g/mol. The van der Waals surface area contributed by atoms with Gasteiger partial charge in [-0.05, 0) is 94.8 Å². The lowest BCUT2D eigenvalue weighted by molar-refractivity contribution is 0.0524. The Hall–Kier alpha value is -4.71. The van der Waals surface area contributed by atoms with Crippen LogP contribution in [-0.2, 0) is 17.7 Å². The summed E-state index contributed by atoms with van der Waals surface area (Å²) in [5.74, 6) is -0.814. The van der Waals surface area contributed by atoms with Crippen LogP contribution in [0, 0.1) is 12.7 Å². The van der Waals surface area contributed by atoms with Crippen LogP contribution in [0.4, 0.5) is 21.6 Å². The van der Waals surface area contributed by atoms with Gasteiger partial charge in [-0.25, -0.2) is 14.0 Å². The Kier molecular flexibility index (Phi) is 10.0. The number of H-pyrrole nitrogens is 1. The molecule has 2 aromatic carbocycles. The lowest BCUT2D eigenvalue weighted by atomic mass is 10.1. The van der Waals surface area contributed by atoms with Crippen molar-refractivity contribution in [1.82, 2.24) is 19.0 Å². The summed E-state index contributed by atoms with van der Waals surface area (Å²) in [6.45, 7) is 11.1. The molecule has 0 amide bonds. The van der Waals surface area contributed by atoms with E-state index in [1.165, 1.54) is 27.8 Å². The number of halogens is 1. The standard InChI is InChI=1S/C37H45FN6O5/c1-5-25-17-26(10-9-23(25)3)39-33-20-34(45)43(37(48)40-33)14-8-7-13-41-15-16-42(21-24(41)4)32-19-31-28(18-30(32)38)35(46)29(36(47)49-6-2)22-44(31)27-11-12-27/h9-10,17-20,22,24,27,39H,5-8,11-16,21H2,1-4H3,(H,40,48)/t24-/m1/s1. The van der Waals surface area contributed by atoms with E-state index in [4.69, 9.17) is 4.74 Å². The molecule has 1 aliphatic heterocycles. The van der Waals surface area contributed by atoms with E-state index >= 15 is 4.39 Å². The van der Waals surface area contributed by atoms with E-state index in [2.05, 4.69) is 36.0 Å². The van der Waals surface area contributed by atoms with Crippen LogP contribution in [0.25, 0.3) is 10.9 Å². The number of carbonyl (C=O) groups is 1. The molecule has 49 heavy (non-hydrogen) atoms. The highest BCUT2D eigenvalue weighted by Crippen LogP contribution is 2.38. The minimum absolute atomic E-state index is 0.0669. The first kappa shape index (κ1) is 34.2. The zero-order valence-electron chi connectivity index (χ0n) is 28.7. The van der Waals surface area contributed by atoms with Crippen LogP contribution in [0.3, 0.4) is 0 Å². The van der Waals surface area contributed by atoms with Gasteiger partial charge in [-0.3, -0.25) is 24.0 Å². The number of hydrogen-bond donors (Lipinski definition) is 2. The molecule has 2 aliphatic rings. The summed E-state index contributed by atoms with van der Waals surface area (Å²) >= 11 is 0. The highest BCUT2D eigenvalue weighted by Gasteiger charge is 2.30. The molecule has 11 nitrogen and oxygen atoms in total. The molecule has 0 unspecified atom stereocenters. The molecule has 1 atom stereocenters. The van der Waals surface area contributed by atoms with Gasteiger partial charge in [0.05, 0.1) is 17.8 Å². The predicted octanol–water partition coefficient (Wildman–Crippen LogP) is 5.11. The molecule has 12 heteroatoms.